The minimum Gasteiger partial charge on any atom is -0.379 e. The summed E-state index contributed by atoms with van der Waals surface area (Å²) in [5.41, 5.74) is 0.143. The molecule has 1 N–H and O–H groups in total. The molecular formula is C12H26N2O. The van der Waals surface area contributed by atoms with Crippen LogP contribution in [0.15, 0.2) is 0 Å². The van der Waals surface area contributed by atoms with Crippen molar-refractivity contribution >= 4 is 0 Å². The molecule has 1 aliphatic rings. The van der Waals surface area contributed by atoms with Crippen molar-refractivity contribution in [3.05, 3.63) is 0 Å². The first-order valence-electron chi connectivity index (χ1n) is 6.01. The molecule has 0 aliphatic heterocycles. The van der Waals surface area contributed by atoms with Gasteiger partial charge in [0.2, 0.25) is 0 Å². The molecule has 0 saturated heterocycles. The van der Waals surface area contributed by atoms with Gasteiger partial charge < -0.3 is 15.0 Å². The number of nitrogens with one attached hydrogen (secondary N) is 1. The van der Waals surface area contributed by atoms with Crippen LogP contribution in [0.2, 0.25) is 0 Å². The number of hydrogen-bond donors (Lipinski definition) is 1. The summed E-state index contributed by atoms with van der Waals surface area (Å²) in [6.07, 6.45) is 3.86. The molecule has 0 aromatic rings. The van der Waals surface area contributed by atoms with Crippen molar-refractivity contribution in [3.63, 3.8) is 0 Å². The summed E-state index contributed by atoms with van der Waals surface area (Å²) in [6.45, 7) is 7.19. The fourth-order valence-corrected chi connectivity index (χ4v) is 1.22. The maximum atomic E-state index is 5.68. The van der Waals surface area contributed by atoms with Crippen molar-refractivity contribution in [2.75, 3.05) is 33.9 Å². The molecule has 1 saturated carbocycles. The van der Waals surface area contributed by atoms with Gasteiger partial charge in [0.05, 0.1) is 6.61 Å². The molecule has 1 fully saturated rings. The van der Waals surface area contributed by atoms with E-state index in [1.54, 1.807) is 0 Å². The highest BCUT2D eigenvalue weighted by atomic mass is 16.5. The fraction of sp³-hybridized carbons (Fsp3) is 1.00. The highest BCUT2D eigenvalue weighted by Crippen LogP contribution is 2.18. The van der Waals surface area contributed by atoms with Crippen molar-refractivity contribution in [2.24, 2.45) is 0 Å². The zero-order valence-corrected chi connectivity index (χ0v) is 10.7. The molecule has 0 bridgehead atoms. The number of hydrogen-bond acceptors (Lipinski definition) is 3. The number of ether oxygens (including phenoxy) is 1. The Kier molecular flexibility index (Phi) is 5.03. The summed E-state index contributed by atoms with van der Waals surface area (Å²) in [7, 11) is 4.19. The van der Waals surface area contributed by atoms with E-state index in [0.29, 0.717) is 0 Å². The summed E-state index contributed by atoms with van der Waals surface area (Å²) >= 11 is 0. The number of rotatable bonds is 8. The van der Waals surface area contributed by atoms with E-state index in [1.165, 1.54) is 12.8 Å². The molecule has 0 radical (unpaired) electrons. The van der Waals surface area contributed by atoms with Gasteiger partial charge in [-0.1, -0.05) is 0 Å². The van der Waals surface area contributed by atoms with E-state index >= 15 is 0 Å². The summed E-state index contributed by atoms with van der Waals surface area (Å²) in [5.74, 6) is 0. The first-order chi connectivity index (χ1) is 7.02. The lowest BCUT2D eigenvalue weighted by atomic mass is 10.1. The Morgan fingerprint density at radius 2 is 2.00 bits per heavy atom. The predicted molar refractivity (Wildman–Crippen MR) is 64.2 cm³/mol. The summed E-state index contributed by atoms with van der Waals surface area (Å²) < 4.78 is 5.68. The Bertz CT molecular complexity index is 176. The van der Waals surface area contributed by atoms with Crippen molar-refractivity contribution in [1.29, 1.82) is 0 Å². The van der Waals surface area contributed by atoms with Gasteiger partial charge in [0.1, 0.15) is 0 Å². The summed E-state index contributed by atoms with van der Waals surface area (Å²) in [4.78, 5) is 2.20. The van der Waals surface area contributed by atoms with Crippen LogP contribution in [0.1, 0.15) is 33.1 Å². The van der Waals surface area contributed by atoms with Crippen molar-refractivity contribution < 1.29 is 4.74 Å². The topological polar surface area (TPSA) is 24.5 Å². The second-order valence-electron chi connectivity index (χ2n) is 5.34. The van der Waals surface area contributed by atoms with Crippen LogP contribution in [-0.2, 0) is 4.74 Å². The Labute approximate surface area is 94.2 Å². The molecule has 0 aromatic heterocycles. The molecule has 3 nitrogen and oxygen atoms in total. The second-order valence-corrected chi connectivity index (χ2v) is 5.34. The molecule has 1 rings (SSSR count). The number of likely N-dealkylation sites (N-methyl/N-ethyl adjacent to an activating group) is 1. The average Bonchev–Trinajstić information content (AvgIpc) is 2.94. The summed E-state index contributed by atoms with van der Waals surface area (Å²) in [6, 6.07) is 0.822. The second kappa shape index (κ2) is 5.83. The molecule has 0 amide bonds. The monoisotopic (exact) mass is 214 g/mol. The van der Waals surface area contributed by atoms with E-state index in [2.05, 4.69) is 38.2 Å². The highest BCUT2D eigenvalue weighted by molar-refractivity contribution is 4.80. The lowest BCUT2D eigenvalue weighted by molar-refractivity contribution is 0.0353. The Hall–Kier alpha value is -0.120. The maximum Gasteiger partial charge on any atom is 0.0644 e. The molecular weight excluding hydrogens is 188 g/mol. The van der Waals surface area contributed by atoms with E-state index < -0.39 is 0 Å². The van der Waals surface area contributed by atoms with Crippen molar-refractivity contribution in [2.45, 2.75) is 44.7 Å². The molecule has 0 aromatic carbocycles. The third kappa shape index (κ3) is 5.50. The molecule has 90 valence electrons. The Morgan fingerprint density at radius 1 is 1.33 bits per heavy atom. The molecule has 0 spiro atoms. The van der Waals surface area contributed by atoms with Gasteiger partial charge in [-0.3, -0.25) is 0 Å². The van der Waals surface area contributed by atoms with Gasteiger partial charge >= 0.3 is 0 Å². The zero-order chi connectivity index (χ0) is 11.3. The van der Waals surface area contributed by atoms with Gasteiger partial charge in [-0.25, -0.2) is 0 Å². The molecule has 0 unspecified atom stereocenters. The summed E-state index contributed by atoms with van der Waals surface area (Å²) in [5, 5.41) is 3.49. The molecule has 0 atom stereocenters. The lowest BCUT2D eigenvalue weighted by Gasteiger charge is -2.32. The van der Waals surface area contributed by atoms with Crippen molar-refractivity contribution in [1.82, 2.24) is 10.2 Å². The minimum absolute atomic E-state index is 0.143. The third-order valence-corrected chi connectivity index (χ3v) is 3.14. The van der Waals surface area contributed by atoms with E-state index in [-0.39, 0.29) is 5.54 Å². The van der Waals surface area contributed by atoms with Crippen LogP contribution in [0.25, 0.3) is 0 Å². The van der Waals surface area contributed by atoms with Crippen molar-refractivity contribution in [3.8, 4) is 0 Å². The lowest BCUT2D eigenvalue weighted by Crippen LogP contribution is -2.42. The van der Waals surface area contributed by atoms with Crippen LogP contribution in [0.3, 0.4) is 0 Å². The predicted octanol–water partition coefficient (Wildman–Crippen LogP) is 1.49. The van der Waals surface area contributed by atoms with Gasteiger partial charge in [0.25, 0.3) is 0 Å². The maximum absolute atomic E-state index is 5.68. The molecule has 15 heavy (non-hydrogen) atoms. The first kappa shape index (κ1) is 12.9. The highest BCUT2D eigenvalue weighted by Gasteiger charge is 2.21. The SMILES string of the molecule is CN(C)C(C)(C)COCCCNC1CC1. The van der Waals surface area contributed by atoms with Crippen LogP contribution in [-0.4, -0.2) is 50.3 Å². The fourth-order valence-electron chi connectivity index (χ4n) is 1.22. The quantitative estimate of drug-likeness (QED) is 0.620. The van der Waals surface area contributed by atoms with Crippen LogP contribution in [0, 0.1) is 0 Å². The zero-order valence-electron chi connectivity index (χ0n) is 10.7. The average molecular weight is 214 g/mol. The number of nitrogens with zero attached hydrogens (tertiary/aromatic N) is 1. The largest absolute Gasteiger partial charge is 0.379 e. The molecule has 3 heteroatoms. The van der Waals surface area contributed by atoms with Gasteiger partial charge in [-0.15, -0.1) is 0 Å². The molecule has 0 heterocycles. The van der Waals surface area contributed by atoms with Crippen LogP contribution >= 0.6 is 0 Å². The van der Waals surface area contributed by atoms with Crippen LogP contribution < -0.4 is 5.32 Å². The van der Waals surface area contributed by atoms with Gasteiger partial charge in [-0.05, 0) is 53.8 Å². The van der Waals surface area contributed by atoms with Gasteiger partial charge in [0.15, 0.2) is 0 Å². The minimum atomic E-state index is 0.143. The molecule has 1 aliphatic carbocycles. The van der Waals surface area contributed by atoms with Gasteiger partial charge in [-0.2, -0.15) is 0 Å². The normalized spacial score (nSPS) is 17.4. The van der Waals surface area contributed by atoms with E-state index in [9.17, 15) is 0 Å². The first-order valence-corrected chi connectivity index (χ1v) is 6.01. The van der Waals surface area contributed by atoms with E-state index in [4.69, 9.17) is 4.74 Å². The Morgan fingerprint density at radius 3 is 2.53 bits per heavy atom. The van der Waals surface area contributed by atoms with E-state index in [0.717, 1.165) is 32.2 Å². The smallest absolute Gasteiger partial charge is 0.0644 e. The van der Waals surface area contributed by atoms with Crippen LogP contribution in [0.4, 0.5) is 0 Å². The third-order valence-electron chi connectivity index (χ3n) is 3.14. The van der Waals surface area contributed by atoms with Crippen LogP contribution in [0.5, 0.6) is 0 Å². The Balaban J connectivity index is 1.90. The standard InChI is InChI=1S/C12H26N2O/c1-12(2,14(3)4)10-15-9-5-8-13-11-6-7-11/h11,13H,5-10H2,1-4H3. The van der Waals surface area contributed by atoms with E-state index in [1.807, 2.05) is 0 Å². The van der Waals surface area contributed by atoms with Gasteiger partial charge in [0, 0.05) is 18.2 Å².